The quantitative estimate of drug-likeness (QED) is 0.732. The minimum absolute atomic E-state index is 0.470. The third-order valence-corrected chi connectivity index (χ3v) is 3.67. The van der Waals surface area contributed by atoms with Crippen molar-refractivity contribution in [2.45, 2.75) is 0 Å². The van der Waals surface area contributed by atoms with E-state index in [0.29, 0.717) is 22.8 Å². The lowest BCUT2D eigenvalue weighted by Gasteiger charge is -2.15. The summed E-state index contributed by atoms with van der Waals surface area (Å²) in [5, 5.41) is 6.77. The van der Waals surface area contributed by atoms with Gasteiger partial charge in [-0.1, -0.05) is 30.3 Å². The first-order valence-electron chi connectivity index (χ1n) is 7.08. The number of methoxy groups -OCH3 is 2. The molecule has 0 radical (unpaired) electrons. The second-order valence-corrected chi connectivity index (χ2v) is 4.94. The number of nitrogens with one attached hydrogen (secondary N) is 1. The van der Waals surface area contributed by atoms with Gasteiger partial charge < -0.3 is 9.47 Å². The minimum Gasteiger partial charge on any atom is -0.496 e. The van der Waals surface area contributed by atoms with Gasteiger partial charge in [0.1, 0.15) is 11.5 Å². The number of aldehydes is 1. The molecule has 2 aromatic carbocycles. The number of aromatic nitrogens is 2. The van der Waals surface area contributed by atoms with Gasteiger partial charge in [0.15, 0.2) is 6.29 Å². The lowest BCUT2D eigenvalue weighted by Crippen LogP contribution is -1.95. The van der Waals surface area contributed by atoms with E-state index in [1.807, 2.05) is 42.5 Å². The summed E-state index contributed by atoms with van der Waals surface area (Å²) >= 11 is 0. The Morgan fingerprint density at radius 3 is 2.30 bits per heavy atom. The van der Waals surface area contributed by atoms with Crippen LogP contribution in [0.4, 0.5) is 0 Å². The van der Waals surface area contributed by atoms with E-state index in [2.05, 4.69) is 10.2 Å². The van der Waals surface area contributed by atoms with Crippen molar-refractivity contribution in [3.8, 4) is 33.9 Å². The van der Waals surface area contributed by atoms with Crippen molar-refractivity contribution in [1.82, 2.24) is 10.2 Å². The fourth-order valence-corrected chi connectivity index (χ4v) is 2.54. The first-order valence-corrected chi connectivity index (χ1v) is 7.08. The van der Waals surface area contributed by atoms with E-state index in [9.17, 15) is 4.79 Å². The fourth-order valence-electron chi connectivity index (χ4n) is 2.54. The molecule has 0 fully saturated rings. The molecular formula is C18H16N2O3. The minimum atomic E-state index is 0.470. The maximum atomic E-state index is 11.2. The summed E-state index contributed by atoms with van der Waals surface area (Å²) in [5.74, 6) is 1.33. The number of rotatable bonds is 5. The number of nitrogens with zero attached hydrogens (tertiary/aromatic N) is 1. The Labute approximate surface area is 133 Å². The Kier molecular flexibility index (Phi) is 4.10. The molecule has 1 heterocycles. The Hall–Kier alpha value is -3.08. The molecule has 3 aromatic rings. The highest BCUT2D eigenvalue weighted by Crippen LogP contribution is 2.40. The maximum absolute atomic E-state index is 11.2. The van der Waals surface area contributed by atoms with Crippen LogP contribution >= 0.6 is 0 Å². The van der Waals surface area contributed by atoms with Gasteiger partial charge >= 0.3 is 0 Å². The Balaban J connectivity index is 2.22. The molecule has 1 N–H and O–H groups in total. The molecule has 116 valence electrons. The average molecular weight is 308 g/mol. The second kappa shape index (κ2) is 6.36. The molecule has 1 aromatic heterocycles. The number of benzene rings is 2. The van der Waals surface area contributed by atoms with Gasteiger partial charge in [0.2, 0.25) is 0 Å². The highest BCUT2D eigenvalue weighted by molar-refractivity contribution is 5.89. The lowest BCUT2D eigenvalue weighted by molar-refractivity contribution is 0.112. The Morgan fingerprint density at radius 1 is 1.00 bits per heavy atom. The van der Waals surface area contributed by atoms with Crippen LogP contribution in [0.3, 0.4) is 0 Å². The Bertz CT molecular complexity index is 826. The zero-order valence-electron chi connectivity index (χ0n) is 12.9. The molecule has 0 bridgehead atoms. The van der Waals surface area contributed by atoms with Gasteiger partial charge in [0.25, 0.3) is 0 Å². The number of aromatic amines is 1. The van der Waals surface area contributed by atoms with Crippen LogP contribution in [0.15, 0.2) is 48.7 Å². The second-order valence-electron chi connectivity index (χ2n) is 4.94. The molecule has 23 heavy (non-hydrogen) atoms. The van der Waals surface area contributed by atoms with Crippen molar-refractivity contribution >= 4 is 6.29 Å². The number of H-pyrrole nitrogens is 1. The summed E-state index contributed by atoms with van der Waals surface area (Å²) < 4.78 is 11.0. The van der Waals surface area contributed by atoms with Crippen LogP contribution in [-0.4, -0.2) is 30.7 Å². The van der Waals surface area contributed by atoms with Gasteiger partial charge in [-0.3, -0.25) is 9.89 Å². The van der Waals surface area contributed by atoms with Crippen molar-refractivity contribution in [1.29, 1.82) is 0 Å². The summed E-state index contributed by atoms with van der Waals surface area (Å²) in [5.41, 5.74) is 3.74. The zero-order chi connectivity index (χ0) is 16.2. The molecule has 0 saturated carbocycles. The summed E-state index contributed by atoms with van der Waals surface area (Å²) in [6, 6.07) is 13.7. The number of hydrogen-bond donors (Lipinski definition) is 1. The molecule has 0 amide bonds. The number of hydrogen-bond acceptors (Lipinski definition) is 4. The van der Waals surface area contributed by atoms with Gasteiger partial charge in [-0.05, 0) is 17.7 Å². The summed E-state index contributed by atoms with van der Waals surface area (Å²) in [6.07, 6.45) is 2.25. The highest BCUT2D eigenvalue weighted by atomic mass is 16.5. The van der Waals surface area contributed by atoms with Crippen LogP contribution in [0, 0.1) is 0 Å². The fraction of sp³-hybridized carbons (Fsp3) is 0.111. The molecule has 0 saturated heterocycles. The van der Waals surface area contributed by atoms with Crippen LogP contribution in [-0.2, 0) is 0 Å². The molecule has 0 aliphatic carbocycles. The first-order chi connectivity index (χ1) is 11.3. The van der Waals surface area contributed by atoms with Gasteiger partial charge in [0.05, 0.1) is 31.7 Å². The molecule has 0 spiro atoms. The molecular weight excluding hydrogens is 292 g/mol. The number of carbonyl (C=O) groups excluding carboxylic acids is 1. The first kappa shape index (κ1) is 14.8. The van der Waals surface area contributed by atoms with Crippen molar-refractivity contribution in [3.63, 3.8) is 0 Å². The molecule has 0 aliphatic heterocycles. The van der Waals surface area contributed by atoms with Gasteiger partial charge in [0, 0.05) is 11.1 Å². The molecule has 5 heteroatoms. The standard InChI is InChI=1S/C18H16N2O3/c1-22-16-9-15(18-13(11-21)10-19-20-18)17(23-2)8-14(16)12-6-4-3-5-7-12/h3-11H,1-2H3,(H,19,20). The predicted octanol–water partition coefficient (Wildman–Crippen LogP) is 3.57. The van der Waals surface area contributed by atoms with Gasteiger partial charge in [-0.2, -0.15) is 5.10 Å². The number of carbonyl (C=O) groups is 1. The van der Waals surface area contributed by atoms with E-state index in [1.165, 1.54) is 6.20 Å². The van der Waals surface area contributed by atoms with E-state index in [4.69, 9.17) is 9.47 Å². The van der Waals surface area contributed by atoms with Crippen molar-refractivity contribution in [2.24, 2.45) is 0 Å². The lowest BCUT2D eigenvalue weighted by atomic mass is 9.99. The van der Waals surface area contributed by atoms with Crippen molar-refractivity contribution in [3.05, 3.63) is 54.2 Å². The van der Waals surface area contributed by atoms with Crippen LogP contribution in [0.25, 0.3) is 22.4 Å². The maximum Gasteiger partial charge on any atom is 0.153 e. The van der Waals surface area contributed by atoms with E-state index in [1.54, 1.807) is 14.2 Å². The monoisotopic (exact) mass is 308 g/mol. The third kappa shape index (κ3) is 2.68. The van der Waals surface area contributed by atoms with Crippen molar-refractivity contribution in [2.75, 3.05) is 14.2 Å². The normalized spacial score (nSPS) is 10.3. The van der Waals surface area contributed by atoms with Gasteiger partial charge in [-0.25, -0.2) is 0 Å². The van der Waals surface area contributed by atoms with Crippen LogP contribution < -0.4 is 9.47 Å². The van der Waals surface area contributed by atoms with Crippen LogP contribution in [0.1, 0.15) is 10.4 Å². The van der Waals surface area contributed by atoms with Crippen molar-refractivity contribution < 1.29 is 14.3 Å². The Morgan fingerprint density at radius 2 is 1.65 bits per heavy atom. The number of ether oxygens (including phenoxy) is 2. The van der Waals surface area contributed by atoms with Crippen LogP contribution in [0.5, 0.6) is 11.5 Å². The molecule has 0 unspecified atom stereocenters. The summed E-state index contributed by atoms with van der Waals surface area (Å²) in [7, 11) is 3.21. The summed E-state index contributed by atoms with van der Waals surface area (Å²) in [4.78, 5) is 11.2. The van der Waals surface area contributed by atoms with E-state index >= 15 is 0 Å². The molecule has 0 aliphatic rings. The third-order valence-electron chi connectivity index (χ3n) is 3.67. The molecule has 5 nitrogen and oxygen atoms in total. The van der Waals surface area contributed by atoms with E-state index in [0.717, 1.165) is 23.0 Å². The predicted molar refractivity (Wildman–Crippen MR) is 88.0 cm³/mol. The molecule has 3 rings (SSSR count). The highest BCUT2D eigenvalue weighted by Gasteiger charge is 2.17. The van der Waals surface area contributed by atoms with Crippen LogP contribution in [0.2, 0.25) is 0 Å². The molecule has 0 atom stereocenters. The largest absolute Gasteiger partial charge is 0.496 e. The summed E-state index contributed by atoms with van der Waals surface area (Å²) in [6.45, 7) is 0. The van der Waals surface area contributed by atoms with E-state index < -0.39 is 0 Å². The smallest absolute Gasteiger partial charge is 0.153 e. The SMILES string of the molecule is COc1cc(-c2[nH]ncc2C=O)c(OC)cc1-c1ccccc1. The van der Waals surface area contributed by atoms with Gasteiger partial charge in [-0.15, -0.1) is 0 Å². The topological polar surface area (TPSA) is 64.2 Å². The van der Waals surface area contributed by atoms with E-state index in [-0.39, 0.29) is 0 Å². The zero-order valence-corrected chi connectivity index (χ0v) is 12.9. The average Bonchev–Trinajstić information content (AvgIpc) is 3.09.